The maximum Gasteiger partial charge on any atom is 0.225 e. The molecule has 2 fully saturated rings. The van der Waals surface area contributed by atoms with Crippen LogP contribution < -0.4 is 10.1 Å². The molecule has 1 amide bonds. The van der Waals surface area contributed by atoms with Crippen LogP contribution in [-0.2, 0) is 4.79 Å². The summed E-state index contributed by atoms with van der Waals surface area (Å²) in [6.07, 6.45) is 5.48. The summed E-state index contributed by atoms with van der Waals surface area (Å²) in [5.74, 6) is 2.20. The Bertz CT molecular complexity index is 651. The Kier molecular flexibility index (Phi) is 4.31. The number of rotatable bonds is 4. The molecule has 128 valence electrons. The van der Waals surface area contributed by atoms with Crippen LogP contribution in [0.1, 0.15) is 31.7 Å². The minimum Gasteiger partial charge on any atom is -0.489 e. The number of hydrogen-bond donors (Lipinski definition) is 1. The summed E-state index contributed by atoms with van der Waals surface area (Å²) in [5, 5.41) is 3.69. The van der Waals surface area contributed by atoms with Crippen molar-refractivity contribution in [2.45, 2.75) is 32.2 Å². The van der Waals surface area contributed by atoms with Gasteiger partial charge in [-0.3, -0.25) is 4.79 Å². The molecule has 1 N–H and O–H groups in total. The van der Waals surface area contributed by atoms with E-state index in [0.717, 1.165) is 44.6 Å². The molecule has 0 aromatic heterocycles. The van der Waals surface area contributed by atoms with Gasteiger partial charge in [0.1, 0.15) is 12.4 Å². The quantitative estimate of drug-likeness (QED) is 0.925. The zero-order valence-electron chi connectivity index (χ0n) is 14.3. The van der Waals surface area contributed by atoms with Gasteiger partial charge >= 0.3 is 0 Å². The van der Waals surface area contributed by atoms with E-state index in [1.54, 1.807) is 0 Å². The predicted molar refractivity (Wildman–Crippen MR) is 94.8 cm³/mol. The molecule has 3 aliphatic rings. The summed E-state index contributed by atoms with van der Waals surface area (Å²) in [7, 11) is 0. The van der Waals surface area contributed by atoms with Crippen LogP contribution in [0.15, 0.2) is 29.8 Å². The Morgan fingerprint density at radius 1 is 1.29 bits per heavy atom. The van der Waals surface area contributed by atoms with E-state index in [0.29, 0.717) is 30.4 Å². The van der Waals surface area contributed by atoms with Crippen LogP contribution in [0.5, 0.6) is 5.75 Å². The molecule has 1 aromatic rings. The van der Waals surface area contributed by atoms with E-state index in [1.807, 2.05) is 18.2 Å². The van der Waals surface area contributed by atoms with Crippen molar-refractivity contribution in [3.05, 3.63) is 35.4 Å². The summed E-state index contributed by atoms with van der Waals surface area (Å²) < 4.78 is 5.82. The van der Waals surface area contributed by atoms with Gasteiger partial charge in [-0.1, -0.05) is 25.1 Å². The first-order valence-corrected chi connectivity index (χ1v) is 9.14. The average molecular weight is 326 g/mol. The normalized spacial score (nSPS) is 26.4. The van der Waals surface area contributed by atoms with Crippen molar-refractivity contribution in [2.75, 3.05) is 26.2 Å². The third-order valence-electron chi connectivity index (χ3n) is 5.43. The average Bonchev–Trinajstić information content (AvgIpc) is 3.45. The number of likely N-dealkylation sites (tertiary alicyclic amines) is 1. The first-order valence-electron chi connectivity index (χ1n) is 9.14. The second-order valence-electron chi connectivity index (χ2n) is 7.44. The summed E-state index contributed by atoms with van der Waals surface area (Å²) in [5.41, 5.74) is 2.45. The largest absolute Gasteiger partial charge is 0.489 e. The lowest BCUT2D eigenvalue weighted by Crippen LogP contribution is -2.51. The summed E-state index contributed by atoms with van der Waals surface area (Å²) >= 11 is 0. The third-order valence-corrected chi connectivity index (χ3v) is 5.43. The highest BCUT2D eigenvalue weighted by atomic mass is 16.5. The molecule has 4 rings (SSSR count). The highest BCUT2D eigenvalue weighted by Gasteiger charge is 2.36. The highest BCUT2D eigenvalue weighted by Crippen LogP contribution is 2.32. The Balaban J connectivity index is 1.31. The molecular weight excluding hydrogens is 300 g/mol. The Labute approximate surface area is 143 Å². The lowest BCUT2D eigenvalue weighted by molar-refractivity contribution is -0.134. The lowest BCUT2D eigenvalue weighted by Gasteiger charge is -2.38. The van der Waals surface area contributed by atoms with Crippen molar-refractivity contribution in [2.24, 2.45) is 11.8 Å². The van der Waals surface area contributed by atoms with E-state index >= 15 is 0 Å². The summed E-state index contributed by atoms with van der Waals surface area (Å²) in [6, 6.07) is 8.65. The zero-order valence-corrected chi connectivity index (χ0v) is 14.3. The number of carbonyl (C=O) groups is 1. The van der Waals surface area contributed by atoms with Gasteiger partial charge in [0, 0.05) is 37.2 Å². The summed E-state index contributed by atoms with van der Waals surface area (Å²) in [4.78, 5) is 14.3. The van der Waals surface area contributed by atoms with Gasteiger partial charge in [0.25, 0.3) is 0 Å². The minimum absolute atomic E-state index is 0.339. The predicted octanol–water partition coefficient (Wildman–Crippen LogP) is 2.70. The van der Waals surface area contributed by atoms with Crippen LogP contribution in [0.3, 0.4) is 0 Å². The van der Waals surface area contributed by atoms with E-state index in [-0.39, 0.29) is 0 Å². The molecule has 24 heavy (non-hydrogen) atoms. The fourth-order valence-corrected chi connectivity index (χ4v) is 3.76. The van der Waals surface area contributed by atoms with Crippen molar-refractivity contribution >= 4 is 12.0 Å². The molecule has 1 aliphatic carbocycles. The van der Waals surface area contributed by atoms with Gasteiger partial charge in [-0.15, -0.1) is 0 Å². The van der Waals surface area contributed by atoms with Gasteiger partial charge in [-0.05, 0) is 42.9 Å². The number of para-hydroxylation sites is 1. The van der Waals surface area contributed by atoms with Gasteiger partial charge in [-0.2, -0.15) is 0 Å². The smallest absolute Gasteiger partial charge is 0.225 e. The second-order valence-corrected chi connectivity index (χ2v) is 7.44. The molecule has 1 aromatic carbocycles. The molecule has 1 saturated carbocycles. The molecule has 0 unspecified atom stereocenters. The number of carbonyl (C=O) groups excluding carboxylic acids is 1. The van der Waals surface area contributed by atoms with E-state index in [9.17, 15) is 4.79 Å². The fourth-order valence-electron chi connectivity index (χ4n) is 3.76. The first-order chi connectivity index (χ1) is 11.7. The van der Waals surface area contributed by atoms with Crippen LogP contribution in [0.2, 0.25) is 0 Å². The number of amides is 1. The standard InChI is InChI=1S/C20H26N2O2/c1-14-12-22(20(23)16-6-7-16)9-8-18(14)21-11-15-10-17-4-2-3-5-19(17)24-13-15/h2-5,10,14,16,18,21H,6-9,11-13H2,1H3/t14-,18+/m0/s1. The number of piperidine rings is 1. The zero-order chi connectivity index (χ0) is 16.5. The lowest BCUT2D eigenvalue weighted by atomic mass is 9.93. The van der Waals surface area contributed by atoms with Crippen LogP contribution in [-0.4, -0.2) is 43.1 Å². The number of nitrogens with one attached hydrogen (secondary N) is 1. The molecule has 2 atom stereocenters. The van der Waals surface area contributed by atoms with E-state index in [1.165, 1.54) is 11.1 Å². The number of benzene rings is 1. The number of ether oxygens (including phenoxy) is 1. The van der Waals surface area contributed by atoms with Crippen molar-refractivity contribution < 1.29 is 9.53 Å². The number of fused-ring (bicyclic) bond motifs is 1. The highest BCUT2D eigenvalue weighted by molar-refractivity contribution is 5.81. The molecule has 0 bridgehead atoms. The number of nitrogens with zero attached hydrogens (tertiary/aromatic N) is 1. The molecule has 0 spiro atoms. The molecule has 0 radical (unpaired) electrons. The minimum atomic E-state index is 0.339. The molecule has 4 heteroatoms. The van der Waals surface area contributed by atoms with Crippen LogP contribution in [0, 0.1) is 11.8 Å². The third kappa shape index (κ3) is 3.34. The van der Waals surface area contributed by atoms with Crippen molar-refractivity contribution in [1.29, 1.82) is 0 Å². The Morgan fingerprint density at radius 3 is 2.92 bits per heavy atom. The van der Waals surface area contributed by atoms with Gasteiger partial charge in [0.05, 0.1) is 0 Å². The first kappa shape index (κ1) is 15.7. The van der Waals surface area contributed by atoms with Crippen molar-refractivity contribution in [3.63, 3.8) is 0 Å². The topological polar surface area (TPSA) is 41.6 Å². The summed E-state index contributed by atoms with van der Waals surface area (Å²) in [6.45, 7) is 5.57. The second kappa shape index (κ2) is 6.60. The molecular formula is C20H26N2O2. The van der Waals surface area contributed by atoms with Crippen LogP contribution >= 0.6 is 0 Å². The van der Waals surface area contributed by atoms with Gasteiger partial charge < -0.3 is 15.0 Å². The van der Waals surface area contributed by atoms with Crippen molar-refractivity contribution in [1.82, 2.24) is 10.2 Å². The monoisotopic (exact) mass is 326 g/mol. The SMILES string of the molecule is C[C@H]1CN(C(=O)C2CC2)CC[C@H]1NCC1=Cc2ccccc2OC1. The Morgan fingerprint density at radius 2 is 2.12 bits per heavy atom. The van der Waals surface area contributed by atoms with E-state index in [2.05, 4.69) is 29.3 Å². The van der Waals surface area contributed by atoms with Gasteiger partial charge in [-0.25, -0.2) is 0 Å². The fraction of sp³-hybridized carbons (Fsp3) is 0.550. The van der Waals surface area contributed by atoms with Crippen LogP contribution in [0.4, 0.5) is 0 Å². The van der Waals surface area contributed by atoms with Crippen molar-refractivity contribution in [3.8, 4) is 5.75 Å². The molecule has 1 saturated heterocycles. The molecule has 2 heterocycles. The van der Waals surface area contributed by atoms with Gasteiger partial charge in [0.15, 0.2) is 0 Å². The maximum atomic E-state index is 12.2. The van der Waals surface area contributed by atoms with E-state index < -0.39 is 0 Å². The Hall–Kier alpha value is -1.81. The maximum absolute atomic E-state index is 12.2. The van der Waals surface area contributed by atoms with E-state index in [4.69, 9.17) is 4.74 Å². The molecule has 2 aliphatic heterocycles. The number of hydrogen-bond acceptors (Lipinski definition) is 3. The molecule has 4 nitrogen and oxygen atoms in total. The van der Waals surface area contributed by atoms with Gasteiger partial charge in [0.2, 0.25) is 5.91 Å². The van der Waals surface area contributed by atoms with Crippen LogP contribution in [0.25, 0.3) is 6.08 Å².